The van der Waals surface area contributed by atoms with Crippen LogP contribution in [0.3, 0.4) is 0 Å². The highest BCUT2D eigenvalue weighted by molar-refractivity contribution is 7.47. The van der Waals surface area contributed by atoms with Crippen LogP contribution in [0.25, 0.3) is 0 Å². The van der Waals surface area contributed by atoms with Crippen molar-refractivity contribution < 1.29 is 63.1 Å². The average Bonchev–Trinajstić information content (AvgIpc) is 3.25. The van der Waals surface area contributed by atoms with Crippen molar-refractivity contribution in [3.63, 3.8) is 0 Å². The van der Waals surface area contributed by atoms with Crippen LogP contribution in [0, 0.1) is 0 Å². The number of ether oxygens (including phenoxy) is 2. The molecule has 1 fully saturated rings. The van der Waals surface area contributed by atoms with Crippen molar-refractivity contribution in [1.29, 1.82) is 0 Å². The van der Waals surface area contributed by atoms with Gasteiger partial charge in [0.1, 0.15) is 43.2 Å². The van der Waals surface area contributed by atoms with Crippen molar-refractivity contribution in [2.24, 2.45) is 0 Å². The Labute approximate surface area is 375 Å². The molecule has 6 unspecified atom stereocenters. The summed E-state index contributed by atoms with van der Waals surface area (Å²) in [6, 6.07) is 0. The molecular formula is C48H89O13P. The van der Waals surface area contributed by atoms with Gasteiger partial charge < -0.3 is 39.9 Å². The van der Waals surface area contributed by atoms with Crippen LogP contribution < -0.4 is 0 Å². The van der Waals surface area contributed by atoms with Gasteiger partial charge in [0.25, 0.3) is 0 Å². The lowest BCUT2D eigenvalue weighted by molar-refractivity contribution is -0.220. The highest BCUT2D eigenvalue weighted by Crippen LogP contribution is 2.47. The van der Waals surface area contributed by atoms with Crippen LogP contribution in [-0.2, 0) is 32.7 Å². The second-order valence-electron chi connectivity index (χ2n) is 17.4. The number of rotatable bonds is 41. The van der Waals surface area contributed by atoms with Crippen molar-refractivity contribution >= 4 is 19.8 Å². The van der Waals surface area contributed by atoms with E-state index in [0.29, 0.717) is 6.42 Å². The van der Waals surface area contributed by atoms with Crippen LogP contribution in [0.4, 0.5) is 0 Å². The molecule has 0 aliphatic heterocycles. The van der Waals surface area contributed by atoms with Gasteiger partial charge in [-0.15, -0.1) is 0 Å². The molecule has 0 saturated heterocycles. The molecule has 0 radical (unpaired) electrons. The molecule has 8 atom stereocenters. The minimum atomic E-state index is -5.14. The van der Waals surface area contributed by atoms with Crippen LogP contribution in [-0.4, -0.2) is 98.3 Å². The normalized spacial score (nSPS) is 22.0. The fourth-order valence-corrected chi connectivity index (χ4v) is 8.65. The summed E-state index contributed by atoms with van der Waals surface area (Å²) in [5, 5.41) is 50.2. The van der Waals surface area contributed by atoms with Gasteiger partial charge in [-0.2, -0.15) is 0 Å². The van der Waals surface area contributed by atoms with E-state index in [1.165, 1.54) is 147 Å². The molecule has 14 heteroatoms. The number of carbonyl (C=O) groups excluding carboxylic acids is 2. The molecule has 1 saturated carbocycles. The SMILES string of the molecule is CCCCCCCCCCCCC/C=C/C=C/C(=O)OC[C@H](COP(=O)(O)OC1C(O)C(O)C(O)[C@H](O)C1O)OC(=O)CCCCCCCCCCCCCCCCCCCC. The maximum atomic E-state index is 12.8. The second-order valence-corrected chi connectivity index (χ2v) is 18.8. The van der Waals surface area contributed by atoms with Gasteiger partial charge in [-0.05, 0) is 19.3 Å². The summed E-state index contributed by atoms with van der Waals surface area (Å²) < 4.78 is 33.4. The standard InChI is InChI=1S/C48H89O13P/c1-3-5-7-9-11-13-15-17-19-20-21-23-25-27-29-31-33-35-37-42(50)60-40(39-59-62(56,57)61-48-46(54)44(52)43(51)45(53)47(48)55)38-58-41(49)36-34-32-30-28-26-24-22-18-16-14-12-10-8-6-4-2/h30,32,34,36,40,43-48,51-55H,3-29,31,33,35,37-39H2,1-2H3,(H,56,57)/b32-30+,36-34+/t40-,43?,44+,45?,46?,47?,48?/m1/s1. The van der Waals surface area contributed by atoms with Gasteiger partial charge in [0, 0.05) is 12.5 Å². The summed E-state index contributed by atoms with van der Waals surface area (Å²) >= 11 is 0. The minimum absolute atomic E-state index is 0.0822. The summed E-state index contributed by atoms with van der Waals surface area (Å²) in [4.78, 5) is 35.6. The smallest absolute Gasteiger partial charge is 0.458 e. The quantitative estimate of drug-likeness (QED) is 0.0111. The Kier molecular flexibility index (Phi) is 36.3. The Bertz CT molecular complexity index is 1180. The summed E-state index contributed by atoms with van der Waals surface area (Å²) in [5.74, 6) is -1.34. The van der Waals surface area contributed by atoms with Gasteiger partial charge in [-0.25, -0.2) is 9.36 Å². The van der Waals surface area contributed by atoms with Crippen molar-refractivity contribution in [2.45, 2.75) is 256 Å². The fraction of sp³-hybridized carbons (Fsp3) is 0.875. The van der Waals surface area contributed by atoms with Crippen molar-refractivity contribution in [1.82, 2.24) is 0 Å². The van der Waals surface area contributed by atoms with E-state index in [2.05, 4.69) is 13.8 Å². The maximum absolute atomic E-state index is 12.8. The highest BCUT2D eigenvalue weighted by Gasteiger charge is 2.51. The molecule has 1 aliphatic rings. The summed E-state index contributed by atoms with van der Waals surface area (Å²) in [6.07, 6.45) is 30.0. The lowest BCUT2D eigenvalue weighted by Crippen LogP contribution is -2.64. The first-order chi connectivity index (χ1) is 29.9. The Morgan fingerprint density at radius 3 is 1.35 bits per heavy atom. The monoisotopic (exact) mass is 905 g/mol. The number of unbranched alkanes of at least 4 members (excludes halogenated alkanes) is 28. The minimum Gasteiger partial charge on any atom is -0.458 e. The topological polar surface area (TPSA) is 210 Å². The van der Waals surface area contributed by atoms with Crippen molar-refractivity contribution in [3.05, 3.63) is 24.3 Å². The van der Waals surface area contributed by atoms with Gasteiger partial charge in [0.05, 0.1) is 6.61 Å². The molecule has 0 spiro atoms. The molecule has 62 heavy (non-hydrogen) atoms. The van der Waals surface area contributed by atoms with Crippen LogP contribution in [0.5, 0.6) is 0 Å². The van der Waals surface area contributed by atoms with E-state index in [-0.39, 0.29) is 6.42 Å². The van der Waals surface area contributed by atoms with Gasteiger partial charge in [-0.1, -0.05) is 205 Å². The Morgan fingerprint density at radius 2 is 0.919 bits per heavy atom. The maximum Gasteiger partial charge on any atom is 0.472 e. The van der Waals surface area contributed by atoms with Crippen LogP contribution >= 0.6 is 7.82 Å². The number of esters is 2. The zero-order valence-electron chi connectivity index (χ0n) is 38.7. The predicted octanol–water partition coefficient (Wildman–Crippen LogP) is 10.0. The first kappa shape index (κ1) is 58.3. The molecule has 0 bridgehead atoms. The first-order valence-electron chi connectivity index (χ1n) is 24.7. The number of phosphoric acid groups is 1. The lowest BCUT2D eigenvalue weighted by atomic mass is 9.85. The van der Waals surface area contributed by atoms with Gasteiger partial charge in [-0.3, -0.25) is 13.8 Å². The van der Waals surface area contributed by atoms with E-state index >= 15 is 0 Å². The van der Waals surface area contributed by atoms with Crippen LogP contribution in [0.2, 0.25) is 0 Å². The molecule has 0 aromatic rings. The Balaban J connectivity index is 2.46. The molecule has 364 valence electrons. The third kappa shape index (κ3) is 30.5. The van der Waals surface area contributed by atoms with Crippen LogP contribution in [0.1, 0.15) is 213 Å². The molecule has 0 amide bonds. The Hall–Kier alpha value is -1.67. The fourth-order valence-electron chi connectivity index (χ4n) is 7.67. The van der Waals surface area contributed by atoms with E-state index in [4.69, 9.17) is 18.5 Å². The zero-order chi connectivity index (χ0) is 45.7. The number of hydrogen-bond acceptors (Lipinski definition) is 12. The molecule has 1 rings (SSSR count). The Morgan fingerprint density at radius 1 is 0.532 bits per heavy atom. The second kappa shape index (κ2) is 38.6. The number of aliphatic hydroxyl groups excluding tert-OH is 5. The summed E-state index contributed by atoms with van der Waals surface area (Å²) in [5.41, 5.74) is 0. The van der Waals surface area contributed by atoms with Gasteiger partial charge in [0.2, 0.25) is 0 Å². The predicted molar refractivity (Wildman–Crippen MR) is 244 cm³/mol. The van der Waals surface area contributed by atoms with Crippen molar-refractivity contribution in [2.75, 3.05) is 13.2 Å². The van der Waals surface area contributed by atoms with E-state index in [9.17, 15) is 44.6 Å². The number of allylic oxidation sites excluding steroid dienone is 3. The molecule has 6 N–H and O–H groups in total. The van der Waals surface area contributed by atoms with E-state index in [1.54, 1.807) is 12.2 Å². The van der Waals surface area contributed by atoms with E-state index in [0.717, 1.165) is 44.9 Å². The molecular weight excluding hydrogens is 815 g/mol. The molecule has 0 heterocycles. The number of hydrogen-bond donors (Lipinski definition) is 6. The highest BCUT2D eigenvalue weighted by atomic mass is 31.2. The molecule has 0 aromatic carbocycles. The van der Waals surface area contributed by atoms with Crippen LogP contribution in [0.15, 0.2) is 24.3 Å². The number of phosphoric ester groups is 1. The number of aliphatic hydroxyl groups is 5. The van der Waals surface area contributed by atoms with Crippen molar-refractivity contribution in [3.8, 4) is 0 Å². The molecule has 1 aliphatic carbocycles. The largest absolute Gasteiger partial charge is 0.472 e. The third-order valence-electron chi connectivity index (χ3n) is 11.6. The molecule has 0 aromatic heterocycles. The third-order valence-corrected chi connectivity index (χ3v) is 12.6. The lowest BCUT2D eigenvalue weighted by Gasteiger charge is -2.41. The average molecular weight is 905 g/mol. The first-order valence-corrected chi connectivity index (χ1v) is 26.2. The molecule has 13 nitrogen and oxygen atoms in total. The zero-order valence-corrected chi connectivity index (χ0v) is 39.6. The summed E-state index contributed by atoms with van der Waals surface area (Å²) in [7, 11) is -5.14. The number of carbonyl (C=O) groups is 2. The summed E-state index contributed by atoms with van der Waals surface area (Å²) in [6.45, 7) is 3.22. The van der Waals surface area contributed by atoms with E-state index in [1.807, 2.05) is 6.08 Å². The van der Waals surface area contributed by atoms with E-state index < -0.39 is 75.7 Å². The van der Waals surface area contributed by atoms with Gasteiger partial charge >= 0.3 is 19.8 Å². The van der Waals surface area contributed by atoms with Gasteiger partial charge in [0.15, 0.2) is 6.10 Å².